The number of hydrogen-bond donors (Lipinski definition) is 0. The third-order valence-electron chi connectivity index (χ3n) is 6.88. The van der Waals surface area contributed by atoms with E-state index in [0.717, 1.165) is 76.0 Å². The lowest BCUT2D eigenvalue weighted by Crippen LogP contribution is -2.38. The van der Waals surface area contributed by atoms with Crippen LogP contribution in [-0.4, -0.2) is 62.6 Å². The summed E-state index contributed by atoms with van der Waals surface area (Å²) >= 11 is 0. The van der Waals surface area contributed by atoms with Gasteiger partial charge in [-0.1, -0.05) is 25.7 Å². The Morgan fingerprint density at radius 1 is 0.964 bits per heavy atom. The molecule has 0 spiro atoms. The van der Waals surface area contributed by atoms with E-state index in [9.17, 15) is 9.59 Å². The van der Waals surface area contributed by atoms with E-state index in [-0.39, 0.29) is 11.8 Å². The highest BCUT2D eigenvalue weighted by atomic mass is 16.2. The Labute approximate surface area is 167 Å². The van der Waals surface area contributed by atoms with E-state index >= 15 is 0 Å². The smallest absolute Gasteiger partial charge is 0.222 e. The quantitative estimate of drug-likeness (QED) is 0.795. The Hall–Kier alpha value is -1.92. The van der Waals surface area contributed by atoms with Crippen LogP contribution in [0.3, 0.4) is 0 Å². The molecule has 3 heterocycles. The highest BCUT2D eigenvalue weighted by molar-refractivity contribution is 5.76. The molecule has 2 aliphatic heterocycles. The lowest BCUT2D eigenvalue weighted by atomic mass is 9.97. The molecule has 1 saturated carbocycles. The van der Waals surface area contributed by atoms with Crippen molar-refractivity contribution in [2.24, 2.45) is 5.92 Å². The first-order valence-corrected chi connectivity index (χ1v) is 11.1. The van der Waals surface area contributed by atoms with Crippen LogP contribution < -0.4 is 0 Å². The molecule has 0 N–H and O–H groups in total. The van der Waals surface area contributed by atoms with Crippen LogP contribution in [0.5, 0.6) is 0 Å². The number of aromatic nitrogens is 3. The van der Waals surface area contributed by atoms with Crippen molar-refractivity contribution in [1.82, 2.24) is 24.6 Å². The molecule has 7 nitrogen and oxygen atoms in total. The fourth-order valence-electron chi connectivity index (χ4n) is 5.16. The molecular weight excluding hydrogens is 354 g/mol. The molecule has 1 atom stereocenters. The highest BCUT2D eigenvalue weighted by Crippen LogP contribution is 2.29. The molecule has 154 valence electrons. The molecule has 0 unspecified atom stereocenters. The monoisotopic (exact) mass is 387 g/mol. The van der Waals surface area contributed by atoms with E-state index in [2.05, 4.69) is 14.8 Å². The Kier molecular flexibility index (Phi) is 5.97. The first kappa shape index (κ1) is 19.4. The van der Waals surface area contributed by atoms with E-state index in [4.69, 9.17) is 0 Å². The van der Waals surface area contributed by atoms with E-state index in [1.165, 1.54) is 25.7 Å². The predicted octanol–water partition coefficient (Wildman–Crippen LogP) is 2.36. The van der Waals surface area contributed by atoms with E-state index in [1.54, 1.807) is 6.92 Å². The van der Waals surface area contributed by atoms with Crippen LogP contribution in [-0.2, 0) is 22.6 Å². The zero-order valence-electron chi connectivity index (χ0n) is 17.1. The van der Waals surface area contributed by atoms with Gasteiger partial charge < -0.3 is 14.4 Å². The Morgan fingerprint density at radius 2 is 1.79 bits per heavy atom. The second kappa shape index (κ2) is 8.62. The van der Waals surface area contributed by atoms with Crippen molar-refractivity contribution < 1.29 is 9.59 Å². The molecule has 2 fully saturated rings. The third kappa shape index (κ3) is 4.23. The lowest BCUT2D eigenvalue weighted by molar-refractivity contribution is -0.132. The van der Waals surface area contributed by atoms with Crippen LogP contribution in [0, 0.1) is 5.92 Å². The van der Waals surface area contributed by atoms with E-state index in [0.29, 0.717) is 12.3 Å². The van der Waals surface area contributed by atoms with Gasteiger partial charge in [-0.15, -0.1) is 10.2 Å². The van der Waals surface area contributed by atoms with Crippen molar-refractivity contribution in [3.63, 3.8) is 0 Å². The normalized spacial score (nSPS) is 23.5. The molecule has 1 aliphatic carbocycles. The van der Waals surface area contributed by atoms with Crippen molar-refractivity contribution in [1.29, 1.82) is 0 Å². The largest absolute Gasteiger partial charge is 0.342 e. The Balaban J connectivity index is 1.36. The van der Waals surface area contributed by atoms with Crippen LogP contribution in [0.1, 0.15) is 75.9 Å². The zero-order valence-corrected chi connectivity index (χ0v) is 17.1. The summed E-state index contributed by atoms with van der Waals surface area (Å²) < 4.78 is 2.22. The van der Waals surface area contributed by atoms with Crippen molar-refractivity contribution >= 4 is 11.8 Å². The average molecular weight is 388 g/mol. The summed E-state index contributed by atoms with van der Waals surface area (Å²) in [7, 11) is 0. The molecule has 1 saturated heterocycles. The number of piperidine rings is 1. The molecule has 2 amide bonds. The number of likely N-dealkylation sites (tertiary alicyclic amines) is 1. The minimum absolute atomic E-state index is 0.138. The van der Waals surface area contributed by atoms with E-state index in [1.807, 2.05) is 9.80 Å². The molecule has 1 aromatic heterocycles. The molecule has 0 aromatic carbocycles. The highest BCUT2D eigenvalue weighted by Gasteiger charge is 2.29. The maximum Gasteiger partial charge on any atom is 0.222 e. The second-order valence-electron chi connectivity index (χ2n) is 8.75. The van der Waals surface area contributed by atoms with Gasteiger partial charge in [0, 0.05) is 58.4 Å². The Morgan fingerprint density at radius 3 is 2.57 bits per heavy atom. The van der Waals surface area contributed by atoms with Crippen LogP contribution in [0.2, 0.25) is 0 Å². The second-order valence-corrected chi connectivity index (χ2v) is 8.75. The molecule has 3 aliphatic rings. The van der Waals surface area contributed by atoms with Gasteiger partial charge in [0.25, 0.3) is 0 Å². The molecule has 4 rings (SSSR count). The molecule has 0 bridgehead atoms. The van der Waals surface area contributed by atoms with Gasteiger partial charge in [0.15, 0.2) is 0 Å². The summed E-state index contributed by atoms with van der Waals surface area (Å²) in [4.78, 5) is 28.4. The van der Waals surface area contributed by atoms with Gasteiger partial charge in [0.2, 0.25) is 11.8 Å². The van der Waals surface area contributed by atoms with Crippen LogP contribution in [0.4, 0.5) is 0 Å². The first-order valence-electron chi connectivity index (χ1n) is 11.1. The Bertz CT molecular complexity index is 710. The SMILES string of the molecule is CC(=O)N1CCC[C@H](c2nnc3n2CCN(C(=O)CCC2CCCC2)CC3)C1. The predicted molar refractivity (Wildman–Crippen MR) is 106 cm³/mol. The molecule has 28 heavy (non-hydrogen) atoms. The summed E-state index contributed by atoms with van der Waals surface area (Å²) in [6.07, 6.45) is 9.84. The number of nitrogens with zero attached hydrogens (tertiary/aromatic N) is 5. The minimum atomic E-state index is 0.138. The third-order valence-corrected chi connectivity index (χ3v) is 6.88. The summed E-state index contributed by atoms with van der Waals surface area (Å²) in [5.41, 5.74) is 0. The number of fused-ring (bicyclic) bond motifs is 1. The van der Waals surface area contributed by atoms with Crippen molar-refractivity contribution in [3.05, 3.63) is 11.6 Å². The molecule has 7 heteroatoms. The van der Waals surface area contributed by atoms with Gasteiger partial charge in [0.1, 0.15) is 11.6 Å². The van der Waals surface area contributed by atoms with Gasteiger partial charge in [-0.2, -0.15) is 0 Å². The van der Waals surface area contributed by atoms with Crippen molar-refractivity contribution in [2.45, 2.75) is 77.2 Å². The minimum Gasteiger partial charge on any atom is -0.342 e. The van der Waals surface area contributed by atoms with Crippen molar-refractivity contribution in [3.8, 4) is 0 Å². The van der Waals surface area contributed by atoms with Crippen molar-refractivity contribution in [2.75, 3.05) is 26.2 Å². The van der Waals surface area contributed by atoms with Crippen LogP contribution in [0.15, 0.2) is 0 Å². The molecular formula is C21H33N5O2. The van der Waals surface area contributed by atoms with Gasteiger partial charge in [0.05, 0.1) is 0 Å². The van der Waals surface area contributed by atoms with Gasteiger partial charge in [-0.25, -0.2) is 0 Å². The van der Waals surface area contributed by atoms with Gasteiger partial charge >= 0.3 is 0 Å². The summed E-state index contributed by atoms with van der Waals surface area (Å²) in [6.45, 7) is 5.47. The maximum atomic E-state index is 12.7. The number of hydrogen-bond acceptors (Lipinski definition) is 4. The summed E-state index contributed by atoms with van der Waals surface area (Å²) in [6, 6.07) is 0. The summed E-state index contributed by atoms with van der Waals surface area (Å²) in [5, 5.41) is 8.92. The number of rotatable bonds is 4. The number of amides is 2. The van der Waals surface area contributed by atoms with Crippen LogP contribution in [0.25, 0.3) is 0 Å². The summed E-state index contributed by atoms with van der Waals surface area (Å²) in [5.74, 6) is 3.44. The standard InChI is InChI=1S/C21H33N5O2/c1-16(27)25-11-4-7-18(15-25)21-23-22-19-10-12-24(13-14-26(19)21)20(28)9-8-17-5-2-3-6-17/h17-18H,2-15H2,1H3/t18-/m0/s1. The topological polar surface area (TPSA) is 71.3 Å². The van der Waals surface area contributed by atoms with Gasteiger partial charge in [-0.05, 0) is 25.2 Å². The average Bonchev–Trinajstić information content (AvgIpc) is 3.32. The molecule has 1 aromatic rings. The zero-order chi connectivity index (χ0) is 19.5. The lowest BCUT2D eigenvalue weighted by Gasteiger charge is -2.31. The first-order chi connectivity index (χ1) is 13.6. The molecule has 0 radical (unpaired) electrons. The number of carbonyl (C=O) groups excluding carboxylic acids is 2. The maximum absolute atomic E-state index is 12.7. The fraction of sp³-hybridized carbons (Fsp3) is 0.810. The number of carbonyl (C=O) groups is 2. The fourth-order valence-corrected chi connectivity index (χ4v) is 5.16. The van der Waals surface area contributed by atoms with E-state index < -0.39 is 0 Å². The van der Waals surface area contributed by atoms with Crippen LogP contribution >= 0.6 is 0 Å². The van der Waals surface area contributed by atoms with Gasteiger partial charge in [-0.3, -0.25) is 9.59 Å².